The van der Waals surface area contributed by atoms with Crippen LogP contribution in [0.15, 0.2) is 12.2 Å². The van der Waals surface area contributed by atoms with Gasteiger partial charge in [0.05, 0.1) is 43.7 Å². The molecule has 8 rings (SSSR count). The van der Waals surface area contributed by atoms with Gasteiger partial charge in [-0.05, 0) is 86.4 Å². The van der Waals surface area contributed by atoms with E-state index in [0.29, 0.717) is 19.4 Å². The summed E-state index contributed by atoms with van der Waals surface area (Å²) in [5.74, 6) is -0.331. The Kier molecular flexibility index (Phi) is 10.8. The van der Waals surface area contributed by atoms with Gasteiger partial charge in [-0.1, -0.05) is 53.7 Å². The lowest BCUT2D eigenvalue weighted by atomic mass is 9.32. The fourth-order valence-corrected chi connectivity index (χ4v) is 14.6. The van der Waals surface area contributed by atoms with Gasteiger partial charge in [0.2, 0.25) is 0 Å². The molecule has 1 spiro atoms. The highest BCUT2D eigenvalue weighted by molar-refractivity contribution is 5.66. The minimum Gasteiger partial charge on any atom is -0.457 e. The number of hydrogen-bond acceptors (Lipinski definition) is 14. The summed E-state index contributed by atoms with van der Waals surface area (Å²) in [7, 11) is 0. The lowest BCUT2D eigenvalue weighted by molar-refractivity contribution is -0.367. The number of rotatable bonds is 7. The number of aliphatic hydroxyl groups excluding tert-OH is 7. The van der Waals surface area contributed by atoms with E-state index >= 15 is 0 Å². The van der Waals surface area contributed by atoms with E-state index in [4.69, 9.17) is 28.4 Å². The molecule has 21 atom stereocenters. The first-order valence-electron chi connectivity index (χ1n) is 21.8. The van der Waals surface area contributed by atoms with Gasteiger partial charge in [-0.25, -0.2) is 0 Å². The molecule has 7 N–H and O–H groups in total. The highest BCUT2D eigenvalue weighted by Gasteiger charge is 2.79. The minimum atomic E-state index is -1.75. The molecular formula is C44H70O14. The summed E-state index contributed by atoms with van der Waals surface area (Å²) < 4.78 is 36.6. The molecule has 3 heterocycles. The van der Waals surface area contributed by atoms with E-state index in [1.807, 2.05) is 0 Å². The Morgan fingerprint density at radius 2 is 1.50 bits per heavy atom. The maximum Gasteiger partial charge on any atom is 0.303 e. The maximum absolute atomic E-state index is 12.2. The quantitative estimate of drug-likeness (QED) is 0.112. The smallest absolute Gasteiger partial charge is 0.303 e. The highest BCUT2D eigenvalue weighted by Crippen LogP contribution is 2.79. The van der Waals surface area contributed by atoms with Gasteiger partial charge in [0.1, 0.15) is 36.6 Å². The van der Waals surface area contributed by atoms with Crippen LogP contribution in [-0.2, 0) is 33.2 Å². The maximum atomic E-state index is 12.2. The number of fused-ring (bicyclic) bond motifs is 4. The van der Waals surface area contributed by atoms with Crippen molar-refractivity contribution in [1.29, 1.82) is 0 Å². The summed E-state index contributed by atoms with van der Waals surface area (Å²) in [6.45, 7) is 16.5. The van der Waals surface area contributed by atoms with E-state index in [1.54, 1.807) is 6.92 Å². The molecule has 3 aliphatic heterocycles. The van der Waals surface area contributed by atoms with Gasteiger partial charge in [-0.15, -0.1) is 0 Å². The zero-order valence-electron chi connectivity index (χ0n) is 35.6. The number of carbonyl (C=O) groups excluding carboxylic acids is 1. The molecule has 2 bridgehead atoms. The van der Waals surface area contributed by atoms with E-state index in [2.05, 4.69) is 53.7 Å². The molecule has 4 saturated carbocycles. The van der Waals surface area contributed by atoms with E-state index in [-0.39, 0.29) is 51.4 Å². The van der Waals surface area contributed by atoms with E-state index in [0.717, 1.165) is 45.4 Å². The Bertz CT molecular complexity index is 1610. The second-order valence-electron chi connectivity index (χ2n) is 21.5. The number of ether oxygens (including phenoxy) is 6. The van der Waals surface area contributed by atoms with Gasteiger partial charge in [0, 0.05) is 29.1 Å². The highest BCUT2D eigenvalue weighted by atomic mass is 16.7. The van der Waals surface area contributed by atoms with Crippen molar-refractivity contribution in [3.63, 3.8) is 0 Å². The van der Waals surface area contributed by atoms with Crippen LogP contribution >= 0.6 is 0 Å². The minimum absolute atomic E-state index is 0.0264. The lowest BCUT2D eigenvalue weighted by Crippen LogP contribution is -2.72. The molecule has 0 amide bonds. The number of allylic oxidation sites excluding steroid dienone is 1. The van der Waals surface area contributed by atoms with Crippen molar-refractivity contribution in [2.75, 3.05) is 19.8 Å². The largest absolute Gasteiger partial charge is 0.457 e. The van der Waals surface area contributed by atoms with E-state index in [9.17, 15) is 40.5 Å². The van der Waals surface area contributed by atoms with Crippen LogP contribution in [0.1, 0.15) is 107 Å². The van der Waals surface area contributed by atoms with Crippen LogP contribution in [0.2, 0.25) is 0 Å². The van der Waals surface area contributed by atoms with Gasteiger partial charge < -0.3 is 64.2 Å². The molecule has 8 aliphatic rings. The molecule has 3 saturated heterocycles. The van der Waals surface area contributed by atoms with Crippen molar-refractivity contribution in [2.24, 2.45) is 50.2 Å². The van der Waals surface area contributed by atoms with Crippen molar-refractivity contribution < 1.29 is 69.0 Å². The van der Waals surface area contributed by atoms with Crippen LogP contribution in [-0.4, -0.2) is 141 Å². The van der Waals surface area contributed by atoms with Gasteiger partial charge >= 0.3 is 5.97 Å². The average Bonchev–Trinajstić information content (AvgIpc) is 3.44. The Labute approximate surface area is 342 Å². The summed E-state index contributed by atoms with van der Waals surface area (Å²) in [5.41, 5.74) is -1.98. The summed E-state index contributed by atoms with van der Waals surface area (Å²) >= 11 is 0. The zero-order chi connectivity index (χ0) is 42.2. The lowest BCUT2D eigenvalue weighted by Gasteiger charge is -2.73. The fraction of sp³-hybridized carbons (Fsp3) is 0.932. The third-order valence-electron chi connectivity index (χ3n) is 18.2. The van der Waals surface area contributed by atoms with E-state index < -0.39 is 97.2 Å². The van der Waals surface area contributed by atoms with Crippen LogP contribution in [0.5, 0.6) is 0 Å². The van der Waals surface area contributed by atoms with Crippen LogP contribution < -0.4 is 0 Å². The first kappa shape index (κ1) is 43.4. The molecule has 0 aromatic rings. The van der Waals surface area contributed by atoms with Crippen LogP contribution in [0.4, 0.5) is 0 Å². The topological polar surface area (TPSA) is 214 Å². The Balaban J connectivity index is 1.03. The predicted molar refractivity (Wildman–Crippen MR) is 206 cm³/mol. The van der Waals surface area contributed by atoms with Gasteiger partial charge in [-0.2, -0.15) is 0 Å². The molecule has 14 nitrogen and oxygen atoms in total. The normalized spacial score (nSPS) is 57.1. The molecule has 5 aliphatic carbocycles. The SMILES string of the molecule is CC(=O)O[C@H]1[C@H](O)[C@@H](O)[C@H](O[C@H]2[C@@H](O)[C@@H](C)O[C@@H](O[C@H]3CC[C@@]4(C)C(CC[C@]5(C)C4C=CC46OCC7(CCC(C)(C)C[C@H]74)[C@H](O)C[C@]65C)[C@]3(C)CO)[C@@H]2O)O[C@@H]1CO. The molecular weight excluding hydrogens is 752 g/mol. The standard InChI is InChI=1S/C44H70O14/c1-22-30(49)35(58-36-32(51)31(50)34(55-23(2)47)24(19-45)56-36)33(52)37(54-22)57-29-11-12-39(5)25(40(29,6)20-46)9-13-41(7)26(39)10-14-44-27-17-38(3,4)15-16-43(27,21-53-44)28(48)18-42(41,44)8/h10,14,22,24-37,45-46,48-52H,9,11-13,15-21H2,1-8H3/t22-,24-,25?,26?,27-,28-,29+,30+,31-,32-,33-,34-,35+,36+,37+,39+,40+,41-,42+,43?,44?/m1/s1. The summed E-state index contributed by atoms with van der Waals surface area (Å²) in [5, 5.41) is 78.0. The Hall–Kier alpha value is -1.27. The van der Waals surface area contributed by atoms with Gasteiger partial charge in [-0.3, -0.25) is 4.79 Å². The number of aliphatic hydroxyl groups is 7. The number of esters is 1. The molecule has 0 aromatic heterocycles. The molecule has 7 fully saturated rings. The second-order valence-corrected chi connectivity index (χ2v) is 21.5. The zero-order valence-corrected chi connectivity index (χ0v) is 35.6. The van der Waals surface area contributed by atoms with E-state index in [1.165, 1.54) is 0 Å². The van der Waals surface area contributed by atoms with Crippen LogP contribution in [0.3, 0.4) is 0 Å². The van der Waals surface area contributed by atoms with Crippen molar-refractivity contribution in [3.05, 3.63) is 12.2 Å². The Morgan fingerprint density at radius 3 is 2.17 bits per heavy atom. The second kappa shape index (κ2) is 14.4. The summed E-state index contributed by atoms with van der Waals surface area (Å²) in [6.07, 6.45) is -3.51. The third kappa shape index (κ3) is 5.89. The van der Waals surface area contributed by atoms with Crippen LogP contribution in [0, 0.1) is 50.2 Å². The third-order valence-corrected chi connectivity index (χ3v) is 18.2. The molecule has 0 radical (unpaired) electrons. The number of hydrogen-bond donors (Lipinski definition) is 7. The predicted octanol–water partition coefficient (Wildman–Crippen LogP) is 2.35. The summed E-state index contributed by atoms with van der Waals surface area (Å²) in [6, 6.07) is 0. The number of carbonyl (C=O) groups is 1. The van der Waals surface area contributed by atoms with Crippen molar-refractivity contribution in [1.82, 2.24) is 0 Å². The van der Waals surface area contributed by atoms with Crippen LogP contribution in [0.25, 0.3) is 0 Å². The fourth-order valence-electron chi connectivity index (χ4n) is 14.6. The van der Waals surface area contributed by atoms with Crippen molar-refractivity contribution in [3.8, 4) is 0 Å². The monoisotopic (exact) mass is 822 g/mol. The first-order valence-corrected chi connectivity index (χ1v) is 21.8. The summed E-state index contributed by atoms with van der Waals surface area (Å²) in [4.78, 5) is 11.6. The molecule has 14 heteroatoms. The molecule has 58 heavy (non-hydrogen) atoms. The van der Waals surface area contributed by atoms with Crippen molar-refractivity contribution >= 4 is 5.97 Å². The average molecular weight is 823 g/mol. The molecule has 4 unspecified atom stereocenters. The van der Waals surface area contributed by atoms with Gasteiger partial charge in [0.25, 0.3) is 0 Å². The Morgan fingerprint density at radius 1 is 0.793 bits per heavy atom. The van der Waals surface area contributed by atoms with Gasteiger partial charge in [0.15, 0.2) is 18.7 Å². The molecule has 0 aromatic carbocycles. The molecule has 330 valence electrons. The first-order chi connectivity index (χ1) is 27.1. The van der Waals surface area contributed by atoms with Crippen molar-refractivity contribution in [2.45, 2.75) is 186 Å².